The highest BCUT2D eigenvalue weighted by Crippen LogP contribution is 2.37. The molecule has 0 amide bonds. The third-order valence-electron chi connectivity index (χ3n) is 3.73. The van der Waals surface area contributed by atoms with Crippen LogP contribution in [0.5, 0.6) is 0 Å². The van der Waals surface area contributed by atoms with Crippen LogP contribution in [0.4, 0.5) is 8.78 Å². The van der Waals surface area contributed by atoms with Gasteiger partial charge in [0.1, 0.15) is 10.1 Å². The maximum Gasteiger partial charge on any atom is 0.248 e. The van der Waals surface area contributed by atoms with Crippen LogP contribution >= 0.6 is 15.9 Å². The van der Waals surface area contributed by atoms with Crippen molar-refractivity contribution in [2.75, 3.05) is 0 Å². The topological polar surface area (TPSA) is 30.7 Å². The molecule has 1 saturated carbocycles. The molecule has 1 aliphatic carbocycles. The zero-order chi connectivity index (χ0) is 13.5. The maximum absolute atomic E-state index is 13.1. The summed E-state index contributed by atoms with van der Waals surface area (Å²) in [5.41, 5.74) is 1.65. The monoisotopic (exact) mass is 329 g/mol. The van der Waals surface area contributed by atoms with Gasteiger partial charge in [-0.3, -0.25) is 4.98 Å². The van der Waals surface area contributed by atoms with Crippen molar-refractivity contribution in [1.82, 2.24) is 14.5 Å². The lowest BCUT2D eigenvalue weighted by molar-refractivity contribution is -0.0472. The molecule has 0 unspecified atom stereocenters. The van der Waals surface area contributed by atoms with E-state index in [4.69, 9.17) is 0 Å². The van der Waals surface area contributed by atoms with Crippen LogP contribution in [-0.2, 0) is 6.54 Å². The predicted molar refractivity (Wildman–Crippen MR) is 72.1 cm³/mol. The van der Waals surface area contributed by atoms with Crippen molar-refractivity contribution < 1.29 is 8.78 Å². The van der Waals surface area contributed by atoms with Crippen LogP contribution in [0.3, 0.4) is 0 Å². The molecule has 0 radical (unpaired) electrons. The van der Waals surface area contributed by atoms with Gasteiger partial charge in [0.2, 0.25) is 5.92 Å². The number of alkyl halides is 2. The van der Waals surface area contributed by atoms with Crippen LogP contribution in [0, 0.1) is 5.92 Å². The van der Waals surface area contributed by atoms with E-state index in [1.54, 1.807) is 6.20 Å². The number of fused-ring (bicyclic) bond motifs is 1. The quantitative estimate of drug-likeness (QED) is 0.833. The maximum atomic E-state index is 13.1. The van der Waals surface area contributed by atoms with E-state index in [1.165, 1.54) is 0 Å². The van der Waals surface area contributed by atoms with Crippen LogP contribution < -0.4 is 0 Å². The molecule has 0 saturated heterocycles. The van der Waals surface area contributed by atoms with Crippen LogP contribution in [0.25, 0.3) is 11.2 Å². The van der Waals surface area contributed by atoms with E-state index in [0.29, 0.717) is 23.4 Å². The van der Waals surface area contributed by atoms with Crippen molar-refractivity contribution in [3.8, 4) is 0 Å². The number of nitrogens with zero attached hydrogens (tertiary/aromatic N) is 3. The molecule has 1 aliphatic rings. The molecule has 1 fully saturated rings. The second-order valence-electron chi connectivity index (χ2n) is 5.17. The van der Waals surface area contributed by atoms with Gasteiger partial charge in [-0.15, -0.1) is 0 Å². The largest absolute Gasteiger partial charge is 0.331 e. The molecule has 3 nitrogen and oxygen atoms in total. The van der Waals surface area contributed by atoms with Crippen molar-refractivity contribution in [2.45, 2.75) is 38.2 Å². The first kappa shape index (κ1) is 13.0. The van der Waals surface area contributed by atoms with E-state index in [1.807, 2.05) is 16.8 Å². The minimum atomic E-state index is -2.46. The SMILES string of the molecule is FC1(F)CCC(Cn2ccc3ncc(Br)nc32)CC1. The highest BCUT2D eigenvalue weighted by Gasteiger charge is 2.34. The zero-order valence-corrected chi connectivity index (χ0v) is 11.9. The zero-order valence-electron chi connectivity index (χ0n) is 10.3. The molecular weight excluding hydrogens is 316 g/mol. The summed E-state index contributed by atoms with van der Waals surface area (Å²) in [6, 6.07) is 1.91. The summed E-state index contributed by atoms with van der Waals surface area (Å²) in [4.78, 5) is 8.67. The summed E-state index contributed by atoms with van der Waals surface area (Å²) in [7, 11) is 0. The van der Waals surface area contributed by atoms with Crippen LogP contribution in [0.1, 0.15) is 25.7 Å². The first-order chi connectivity index (χ1) is 9.03. The van der Waals surface area contributed by atoms with Gasteiger partial charge >= 0.3 is 0 Å². The summed E-state index contributed by atoms with van der Waals surface area (Å²) < 4.78 is 29.0. The second-order valence-corrected chi connectivity index (χ2v) is 5.98. The molecule has 102 valence electrons. The van der Waals surface area contributed by atoms with Gasteiger partial charge in [0, 0.05) is 25.6 Å². The van der Waals surface area contributed by atoms with Gasteiger partial charge in [0.25, 0.3) is 0 Å². The summed E-state index contributed by atoms with van der Waals surface area (Å²) in [5.74, 6) is -2.16. The lowest BCUT2D eigenvalue weighted by Crippen LogP contribution is -2.26. The fraction of sp³-hybridized carbons (Fsp3) is 0.538. The Morgan fingerprint density at radius 3 is 2.84 bits per heavy atom. The van der Waals surface area contributed by atoms with Gasteiger partial charge in [0.05, 0.1) is 6.20 Å². The number of rotatable bonds is 2. The van der Waals surface area contributed by atoms with Gasteiger partial charge < -0.3 is 4.57 Å². The highest BCUT2D eigenvalue weighted by molar-refractivity contribution is 9.10. The Labute approximate surface area is 118 Å². The van der Waals surface area contributed by atoms with E-state index in [2.05, 4.69) is 25.9 Å². The number of aromatic nitrogens is 3. The Kier molecular flexibility index (Phi) is 3.28. The Morgan fingerprint density at radius 1 is 1.37 bits per heavy atom. The van der Waals surface area contributed by atoms with E-state index in [0.717, 1.165) is 17.7 Å². The molecule has 0 atom stereocenters. The third kappa shape index (κ3) is 2.78. The molecule has 19 heavy (non-hydrogen) atoms. The minimum absolute atomic E-state index is 0.00619. The van der Waals surface area contributed by atoms with Crippen molar-refractivity contribution in [3.63, 3.8) is 0 Å². The standard InChI is InChI=1S/C13H14BrF2N3/c14-11-7-17-10-3-6-19(12(10)18-11)8-9-1-4-13(15,16)5-2-9/h3,6-7,9H,1-2,4-5,8H2. The van der Waals surface area contributed by atoms with E-state index >= 15 is 0 Å². The first-order valence-corrected chi connectivity index (χ1v) is 7.18. The summed E-state index contributed by atoms with van der Waals surface area (Å²) in [6.07, 6.45) is 4.76. The Hall–Kier alpha value is -1.04. The lowest BCUT2D eigenvalue weighted by Gasteiger charge is -2.28. The van der Waals surface area contributed by atoms with Crippen molar-refractivity contribution >= 4 is 27.1 Å². The Morgan fingerprint density at radius 2 is 2.11 bits per heavy atom. The lowest BCUT2D eigenvalue weighted by atomic mass is 9.87. The van der Waals surface area contributed by atoms with Crippen molar-refractivity contribution in [3.05, 3.63) is 23.1 Å². The molecule has 0 aromatic carbocycles. The predicted octanol–water partition coefficient (Wildman–Crippen LogP) is 4.02. The Balaban J connectivity index is 1.77. The molecule has 0 bridgehead atoms. The van der Waals surface area contributed by atoms with Crippen molar-refractivity contribution in [1.29, 1.82) is 0 Å². The Bertz CT molecular complexity index is 587. The fourth-order valence-electron chi connectivity index (χ4n) is 2.64. The third-order valence-corrected chi connectivity index (χ3v) is 4.11. The summed E-state index contributed by atoms with van der Waals surface area (Å²) in [6.45, 7) is 0.741. The van der Waals surface area contributed by atoms with E-state index < -0.39 is 5.92 Å². The molecule has 3 rings (SSSR count). The van der Waals surface area contributed by atoms with Gasteiger partial charge in [-0.2, -0.15) is 0 Å². The summed E-state index contributed by atoms with van der Waals surface area (Å²) >= 11 is 3.31. The highest BCUT2D eigenvalue weighted by atomic mass is 79.9. The average molecular weight is 330 g/mol. The number of halogens is 3. The average Bonchev–Trinajstić information content (AvgIpc) is 2.75. The normalized spacial score (nSPS) is 19.9. The minimum Gasteiger partial charge on any atom is -0.331 e. The number of hydrogen-bond donors (Lipinski definition) is 0. The van der Waals surface area contributed by atoms with Gasteiger partial charge in [-0.05, 0) is 40.8 Å². The molecule has 0 N–H and O–H groups in total. The van der Waals surface area contributed by atoms with Gasteiger partial charge in [-0.1, -0.05) is 0 Å². The molecule has 0 spiro atoms. The van der Waals surface area contributed by atoms with Crippen LogP contribution in [0.2, 0.25) is 0 Å². The van der Waals surface area contributed by atoms with Gasteiger partial charge in [0.15, 0.2) is 5.65 Å². The fourth-order valence-corrected chi connectivity index (χ4v) is 2.91. The first-order valence-electron chi connectivity index (χ1n) is 6.39. The van der Waals surface area contributed by atoms with Crippen molar-refractivity contribution in [2.24, 2.45) is 5.92 Å². The number of hydrogen-bond acceptors (Lipinski definition) is 2. The molecule has 2 aromatic rings. The van der Waals surface area contributed by atoms with Crippen LogP contribution in [0.15, 0.2) is 23.1 Å². The molecule has 0 aliphatic heterocycles. The molecule has 6 heteroatoms. The van der Waals surface area contributed by atoms with E-state index in [-0.39, 0.29) is 12.8 Å². The van der Waals surface area contributed by atoms with E-state index in [9.17, 15) is 8.78 Å². The summed E-state index contributed by atoms with van der Waals surface area (Å²) in [5, 5.41) is 0. The molecule has 2 heterocycles. The van der Waals surface area contributed by atoms with Crippen LogP contribution in [-0.4, -0.2) is 20.5 Å². The van der Waals surface area contributed by atoms with Gasteiger partial charge in [-0.25, -0.2) is 13.8 Å². The molecular formula is C13H14BrF2N3. The second kappa shape index (κ2) is 4.81. The smallest absolute Gasteiger partial charge is 0.248 e. The molecule has 2 aromatic heterocycles.